The maximum Gasteiger partial charge on any atom is 0.409 e. The lowest BCUT2D eigenvalue weighted by atomic mass is 10.1. The highest BCUT2D eigenvalue weighted by Crippen LogP contribution is 2.25. The zero-order valence-corrected chi connectivity index (χ0v) is 14.4. The van der Waals surface area contributed by atoms with Crippen molar-refractivity contribution in [1.29, 1.82) is 0 Å². The highest BCUT2D eigenvalue weighted by molar-refractivity contribution is 9.11. The van der Waals surface area contributed by atoms with E-state index in [-0.39, 0.29) is 6.09 Å². The molecule has 1 aliphatic heterocycles. The highest BCUT2D eigenvalue weighted by atomic mass is 79.9. The SMILES string of the molecule is CCOC(=O)N1CCC(Nc2ncc(Br)cc2Br)CC1. The Labute approximate surface area is 135 Å². The van der Waals surface area contributed by atoms with E-state index in [1.54, 1.807) is 11.1 Å². The Bertz CT molecular complexity index is 477. The first kappa shape index (κ1) is 15.6. The van der Waals surface area contributed by atoms with Crippen molar-refractivity contribution in [2.75, 3.05) is 25.0 Å². The molecule has 1 aromatic rings. The van der Waals surface area contributed by atoms with Crippen LogP contribution < -0.4 is 5.32 Å². The molecule has 0 aromatic carbocycles. The number of halogens is 2. The number of rotatable bonds is 3. The topological polar surface area (TPSA) is 54.5 Å². The van der Waals surface area contributed by atoms with Gasteiger partial charge in [-0.25, -0.2) is 9.78 Å². The molecule has 0 unspecified atom stereocenters. The third kappa shape index (κ3) is 4.09. The van der Waals surface area contributed by atoms with E-state index in [1.807, 2.05) is 13.0 Å². The lowest BCUT2D eigenvalue weighted by Crippen LogP contribution is -2.42. The summed E-state index contributed by atoms with van der Waals surface area (Å²) < 4.78 is 6.88. The summed E-state index contributed by atoms with van der Waals surface area (Å²) in [5.74, 6) is 0.836. The Hall–Kier alpha value is -0.820. The van der Waals surface area contributed by atoms with Gasteiger partial charge >= 0.3 is 6.09 Å². The Morgan fingerprint density at radius 2 is 2.20 bits per heavy atom. The van der Waals surface area contributed by atoms with Gasteiger partial charge in [0.25, 0.3) is 0 Å². The van der Waals surface area contributed by atoms with Gasteiger partial charge in [0.15, 0.2) is 0 Å². The van der Waals surface area contributed by atoms with Crippen LogP contribution in [-0.4, -0.2) is 41.7 Å². The van der Waals surface area contributed by atoms with Gasteiger partial charge in [-0.1, -0.05) is 0 Å². The number of aromatic nitrogens is 1. The van der Waals surface area contributed by atoms with Crippen molar-refractivity contribution in [3.8, 4) is 0 Å². The van der Waals surface area contributed by atoms with Crippen molar-refractivity contribution >= 4 is 43.8 Å². The quantitative estimate of drug-likeness (QED) is 0.832. The van der Waals surface area contributed by atoms with Crippen molar-refractivity contribution in [3.05, 3.63) is 21.2 Å². The van der Waals surface area contributed by atoms with Crippen molar-refractivity contribution in [1.82, 2.24) is 9.88 Å². The molecule has 20 heavy (non-hydrogen) atoms. The van der Waals surface area contributed by atoms with Crippen LogP contribution in [-0.2, 0) is 4.74 Å². The van der Waals surface area contributed by atoms with E-state index < -0.39 is 0 Å². The Balaban J connectivity index is 1.86. The second kappa shape index (κ2) is 7.26. The summed E-state index contributed by atoms with van der Waals surface area (Å²) >= 11 is 6.87. The van der Waals surface area contributed by atoms with E-state index in [0.29, 0.717) is 25.7 Å². The summed E-state index contributed by atoms with van der Waals surface area (Å²) in [7, 11) is 0. The molecule has 7 heteroatoms. The molecule has 5 nitrogen and oxygen atoms in total. The number of pyridine rings is 1. The molecule has 0 spiro atoms. The van der Waals surface area contributed by atoms with Crippen molar-refractivity contribution in [2.24, 2.45) is 0 Å². The maximum atomic E-state index is 11.6. The Kier molecular flexibility index (Phi) is 5.65. The van der Waals surface area contributed by atoms with E-state index in [9.17, 15) is 4.79 Å². The number of hydrogen-bond acceptors (Lipinski definition) is 4. The van der Waals surface area contributed by atoms with Gasteiger partial charge in [0, 0.05) is 29.8 Å². The fourth-order valence-corrected chi connectivity index (χ4v) is 3.24. The number of ether oxygens (including phenoxy) is 1. The summed E-state index contributed by atoms with van der Waals surface area (Å²) in [6, 6.07) is 2.29. The first-order valence-electron chi connectivity index (χ1n) is 6.59. The molecule has 0 radical (unpaired) electrons. The Morgan fingerprint density at radius 1 is 1.50 bits per heavy atom. The van der Waals surface area contributed by atoms with Gasteiger partial charge in [-0.05, 0) is 57.7 Å². The van der Waals surface area contributed by atoms with Crippen molar-refractivity contribution < 1.29 is 9.53 Å². The highest BCUT2D eigenvalue weighted by Gasteiger charge is 2.23. The zero-order valence-electron chi connectivity index (χ0n) is 11.2. The van der Waals surface area contributed by atoms with Gasteiger partial charge in [0.1, 0.15) is 5.82 Å². The van der Waals surface area contributed by atoms with Crippen LogP contribution in [0.5, 0.6) is 0 Å². The van der Waals surface area contributed by atoms with Crippen molar-refractivity contribution in [2.45, 2.75) is 25.8 Å². The molecule has 0 bridgehead atoms. The minimum Gasteiger partial charge on any atom is -0.450 e. The van der Waals surface area contributed by atoms with Crippen LogP contribution in [0, 0.1) is 0 Å². The molecule has 1 amide bonds. The minimum atomic E-state index is -0.214. The van der Waals surface area contributed by atoms with Gasteiger partial charge in [0.2, 0.25) is 0 Å². The maximum absolute atomic E-state index is 11.6. The van der Waals surface area contributed by atoms with E-state index in [0.717, 1.165) is 27.6 Å². The van der Waals surface area contributed by atoms with Crippen molar-refractivity contribution in [3.63, 3.8) is 0 Å². The fourth-order valence-electron chi connectivity index (χ4n) is 2.14. The summed E-state index contributed by atoms with van der Waals surface area (Å²) in [4.78, 5) is 17.7. The number of amides is 1. The molecule has 110 valence electrons. The number of carbonyl (C=O) groups excluding carboxylic acids is 1. The van der Waals surface area contributed by atoms with Crippen LogP contribution >= 0.6 is 31.9 Å². The lowest BCUT2D eigenvalue weighted by molar-refractivity contribution is 0.0983. The molecule has 0 aliphatic carbocycles. The predicted molar refractivity (Wildman–Crippen MR) is 84.9 cm³/mol. The minimum absolute atomic E-state index is 0.214. The zero-order chi connectivity index (χ0) is 14.5. The van der Waals surface area contributed by atoms with Crippen LogP contribution in [0.4, 0.5) is 10.6 Å². The van der Waals surface area contributed by atoms with E-state index in [1.165, 1.54) is 0 Å². The number of likely N-dealkylation sites (tertiary alicyclic amines) is 1. The second-order valence-electron chi connectivity index (χ2n) is 4.59. The normalized spacial score (nSPS) is 16.1. The van der Waals surface area contributed by atoms with Gasteiger partial charge in [-0.3, -0.25) is 0 Å². The molecular formula is C13H17Br2N3O2. The standard InChI is InChI=1S/C13H17Br2N3O2/c1-2-20-13(19)18-5-3-10(4-6-18)17-12-11(15)7-9(14)8-16-12/h7-8,10H,2-6H2,1H3,(H,16,17). The largest absolute Gasteiger partial charge is 0.450 e. The smallest absolute Gasteiger partial charge is 0.409 e. The van der Waals surface area contributed by atoms with E-state index in [2.05, 4.69) is 42.2 Å². The number of nitrogens with zero attached hydrogens (tertiary/aromatic N) is 2. The van der Waals surface area contributed by atoms with Gasteiger partial charge in [0.05, 0.1) is 11.1 Å². The van der Waals surface area contributed by atoms with Crippen LogP contribution in [0.25, 0.3) is 0 Å². The number of hydrogen-bond donors (Lipinski definition) is 1. The van der Waals surface area contributed by atoms with Crippen LogP contribution in [0.3, 0.4) is 0 Å². The third-order valence-corrected chi connectivity index (χ3v) is 4.21. The number of carbonyl (C=O) groups is 1. The Morgan fingerprint density at radius 3 is 2.80 bits per heavy atom. The molecule has 1 saturated heterocycles. The molecule has 2 rings (SSSR count). The number of nitrogens with one attached hydrogen (secondary N) is 1. The van der Waals surface area contributed by atoms with Crippen LogP contribution in [0.15, 0.2) is 21.2 Å². The van der Waals surface area contributed by atoms with Crippen LogP contribution in [0.2, 0.25) is 0 Å². The van der Waals surface area contributed by atoms with Gasteiger partial charge in [-0.2, -0.15) is 0 Å². The number of anilines is 1. The first-order chi connectivity index (χ1) is 9.60. The van der Waals surface area contributed by atoms with Gasteiger partial charge < -0.3 is 15.0 Å². The number of piperidine rings is 1. The monoisotopic (exact) mass is 405 g/mol. The molecule has 1 aromatic heterocycles. The molecular weight excluding hydrogens is 390 g/mol. The molecule has 2 heterocycles. The first-order valence-corrected chi connectivity index (χ1v) is 8.18. The molecule has 0 saturated carbocycles. The van der Waals surface area contributed by atoms with Crippen LogP contribution in [0.1, 0.15) is 19.8 Å². The van der Waals surface area contributed by atoms with Gasteiger partial charge in [-0.15, -0.1) is 0 Å². The van der Waals surface area contributed by atoms with E-state index in [4.69, 9.17) is 4.74 Å². The average Bonchev–Trinajstić information content (AvgIpc) is 2.43. The average molecular weight is 407 g/mol. The lowest BCUT2D eigenvalue weighted by Gasteiger charge is -2.32. The summed E-state index contributed by atoms with van der Waals surface area (Å²) in [5, 5.41) is 3.41. The summed E-state index contributed by atoms with van der Waals surface area (Å²) in [6.07, 6.45) is 3.33. The summed E-state index contributed by atoms with van der Waals surface area (Å²) in [5.41, 5.74) is 0. The molecule has 1 aliphatic rings. The predicted octanol–water partition coefficient (Wildman–Crippen LogP) is 3.64. The molecule has 1 N–H and O–H groups in total. The second-order valence-corrected chi connectivity index (χ2v) is 6.36. The molecule has 1 fully saturated rings. The summed E-state index contributed by atoms with van der Waals surface area (Å²) in [6.45, 7) is 3.67. The van der Waals surface area contributed by atoms with E-state index >= 15 is 0 Å². The fraction of sp³-hybridized carbons (Fsp3) is 0.538. The molecule has 0 atom stereocenters. The third-order valence-electron chi connectivity index (χ3n) is 3.17.